The molecule has 5 amide bonds. The summed E-state index contributed by atoms with van der Waals surface area (Å²) in [5, 5.41) is 2.93. The molecule has 10 rings (SSSR count). The molecular formula is C74H85F7N8O8. The van der Waals surface area contributed by atoms with Gasteiger partial charge in [-0.3, -0.25) is 24.5 Å². The number of carbonyl (C=O) groups is 5. The molecule has 0 aromatic heterocycles. The maximum Gasteiger partial charge on any atom is 0.416 e. The molecule has 0 saturated carbocycles. The van der Waals surface area contributed by atoms with Crippen molar-refractivity contribution in [3.8, 4) is 11.1 Å². The molecule has 0 unspecified atom stereocenters. The molecule has 3 heterocycles. The number of nitrogens with one attached hydrogen (secondary N) is 1. The number of anilines is 3. The molecular weight excluding hydrogens is 1260 g/mol. The highest BCUT2D eigenvalue weighted by Crippen LogP contribution is 2.49. The van der Waals surface area contributed by atoms with Crippen LogP contribution in [0.15, 0.2) is 146 Å². The zero-order valence-electron chi connectivity index (χ0n) is 55.3. The lowest BCUT2D eigenvalue weighted by Crippen LogP contribution is -2.50. The molecule has 2 atom stereocenters. The van der Waals surface area contributed by atoms with Crippen molar-refractivity contribution in [3.05, 3.63) is 185 Å². The number of likely N-dealkylation sites (tertiary alicyclic amines) is 2. The second kappa shape index (κ2) is 31.4. The Balaban J connectivity index is 0.620. The van der Waals surface area contributed by atoms with E-state index < -0.39 is 64.6 Å². The highest BCUT2D eigenvalue weighted by Gasteiger charge is 2.50. The van der Waals surface area contributed by atoms with E-state index in [2.05, 4.69) is 32.1 Å². The monoisotopic (exact) mass is 1350 g/mol. The second-order valence-electron chi connectivity index (χ2n) is 26.0. The van der Waals surface area contributed by atoms with E-state index in [1.807, 2.05) is 105 Å². The lowest BCUT2D eigenvalue weighted by molar-refractivity contribution is -0.143. The summed E-state index contributed by atoms with van der Waals surface area (Å²) in [4.78, 5) is 79.6. The highest BCUT2D eigenvalue weighted by atomic mass is 19.4. The third-order valence-corrected chi connectivity index (χ3v) is 19.8. The van der Waals surface area contributed by atoms with Crippen LogP contribution in [0.25, 0.3) is 11.1 Å². The number of hydrogen-bond donors (Lipinski definition) is 1. The van der Waals surface area contributed by atoms with Gasteiger partial charge in [0.05, 0.1) is 29.5 Å². The van der Waals surface area contributed by atoms with Crippen molar-refractivity contribution in [3.63, 3.8) is 0 Å². The number of likely N-dealkylation sites (N-methyl/N-ethyl adjacent to an activating group) is 2. The average Bonchev–Trinajstić information content (AvgIpc) is 1.60. The number of unbranched alkanes of at least 4 members (excludes halogenated alkanes) is 2. The zero-order chi connectivity index (χ0) is 69.1. The number of para-hydroxylation sites is 1. The Morgan fingerprint density at radius 2 is 1.27 bits per heavy atom. The summed E-state index contributed by atoms with van der Waals surface area (Å²) < 4.78 is 116. The van der Waals surface area contributed by atoms with Crippen LogP contribution in [0.3, 0.4) is 0 Å². The molecule has 1 N–H and O–H groups in total. The van der Waals surface area contributed by atoms with Gasteiger partial charge in [-0.05, 0) is 147 Å². The summed E-state index contributed by atoms with van der Waals surface area (Å²) in [6.07, 6.45) is -4.54. The van der Waals surface area contributed by atoms with Gasteiger partial charge >= 0.3 is 18.4 Å². The van der Waals surface area contributed by atoms with Crippen LogP contribution in [0.4, 0.5) is 52.6 Å². The van der Waals surface area contributed by atoms with Gasteiger partial charge in [0.15, 0.2) is 0 Å². The third-order valence-electron chi connectivity index (χ3n) is 19.8. The minimum atomic E-state index is -5.15. The Kier molecular flexibility index (Phi) is 23.1. The summed E-state index contributed by atoms with van der Waals surface area (Å²) in [5.74, 6) is -1.93. The van der Waals surface area contributed by atoms with E-state index in [9.17, 15) is 54.7 Å². The Morgan fingerprint density at radius 3 is 1.96 bits per heavy atom. The van der Waals surface area contributed by atoms with E-state index in [4.69, 9.17) is 14.2 Å². The van der Waals surface area contributed by atoms with E-state index in [1.165, 1.54) is 29.2 Å². The predicted molar refractivity (Wildman–Crippen MR) is 356 cm³/mol. The van der Waals surface area contributed by atoms with Crippen molar-refractivity contribution in [1.82, 2.24) is 24.5 Å². The van der Waals surface area contributed by atoms with Gasteiger partial charge in [-0.1, -0.05) is 91.3 Å². The van der Waals surface area contributed by atoms with E-state index in [-0.39, 0.29) is 68.5 Å². The molecule has 0 radical (unpaired) electrons. The highest BCUT2D eigenvalue weighted by molar-refractivity contribution is 5.95. The first-order chi connectivity index (χ1) is 46.4. The normalized spacial score (nSPS) is 18.2. The van der Waals surface area contributed by atoms with Crippen LogP contribution in [0.1, 0.15) is 102 Å². The second-order valence-corrected chi connectivity index (χ2v) is 26.0. The third kappa shape index (κ3) is 17.9. The lowest BCUT2D eigenvalue weighted by Gasteiger charge is -2.44. The number of amides is 5. The minimum Gasteiger partial charge on any atom is -0.446 e. The van der Waals surface area contributed by atoms with E-state index >= 15 is 0 Å². The Labute approximate surface area is 562 Å². The number of rotatable bonds is 25. The molecule has 0 bridgehead atoms. The van der Waals surface area contributed by atoms with Gasteiger partial charge < -0.3 is 48.5 Å². The topological polar surface area (TPSA) is 148 Å². The molecule has 4 aliphatic rings. The summed E-state index contributed by atoms with van der Waals surface area (Å²) in [6.45, 7) is 4.65. The molecule has 16 nitrogen and oxygen atoms in total. The Morgan fingerprint density at radius 1 is 0.639 bits per heavy atom. The minimum absolute atomic E-state index is 0.0303. The number of alkyl halides is 6. The zero-order valence-corrected chi connectivity index (χ0v) is 55.3. The predicted octanol–water partition coefficient (Wildman–Crippen LogP) is 12.9. The Hall–Kier alpha value is -8.38. The molecule has 6 aromatic rings. The van der Waals surface area contributed by atoms with Crippen LogP contribution >= 0.6 is 0 Å². The van der Waals surface area contributed by atoms with Crippen LogP contribution in [0.2, 0.25) is 0 Å². The number of hydrogen-bond acceptors (Lipinski definition) is 11. The number of piperidine rings is 2. The maximum atomic E-state index is 14.2. The molecule has 1 aliphatic carbocycles. The standard InChI is InChI=1S/C74H85F7N8O8/c1-83(36-14-6-9-21-66(90)85(3)43-44-87-38-30-61(31-39-87)97-70(94)82-64-20-13-11-18-62(64)52-15-7-5-8-16-52)59-26-28-60(29-27-59)86(4)67(91)32-37-84(2)68(92)49-95-65-47-53-17-10-12-19-63(53)71(65)33-40-88(41-34-71)42-35-72(55-22-24-58(75)25-23-55)50-89(51-96-72)69(93)54-45-56(73(76,77)78)48-57(46-54)74(79,80)81/h5,7-8,10-13,15-20,22-29,45-46,48,61,65H,6,9,14,21,30-44,47,49-51H2,1-4H3,(H,82,94)/t65-,72-/m0/s1. The first kappa shape index (κ1) is 71.4. The molecule has 6 aromatic carbocycles. The SMILES string of the molecule is CN(CCN1CCC(OC(=O)Nc2ccccc2-c2ccccc2)CC1)C(=O)CCCCCN(C)c1ccc(N(C)C(=O)CCN(C)C(=O)CO[C@H]2Cc3ccccc3C23CCN(CC[C@@]2(c4ccc(F)cc4)CN(C(=O)c4cc(C(F)(F)F)cc(C(F)(F)F)c4)CO2)CC3)cc1. The van der Waals surface area contributed by atoms with Gasteiger partial charge in [-0.15, -0.1) is 0 Å². The quantitative estimate of drug-likeness (QED) is 0.0431. The molecule has 3 fully saturated rings. The number of fused-ring (bicyclic) bond motifs is 2. The first-order valence-corrected chi connectivity index (χ1v) is 33.2. The average molecular weight is 1350 g/mol. The van der Waals surface area contributed by atoms with E-state index in [1.54, 1.807) is 23.9 Å². The van der Waals surface area contributed by atoms with Gasteiger partial charge in [-0.2, -0.15) is 26.3 Å². The van der Waals surface area contributed by atoms with Gasteiger partial charge in [0.1, 0.15) is 30.9 Å². The number of carbonyl (C=O) groups excluding carboxylic acids is 5. The summed E-state index contributed by atoms with van der Waals surface area (Å²) in [7, 11) is 7.23. The first-order valence-electron chi connectivity index (χ1n) is 33.2. The molecule has 23 heteroatoms. The van der Waals surface area contributed by atoms with Gasteiger partial charge in [0, 0.05) is 115 Å². The van der Waals surface area contributed by atoms with Crippen LogP contribution in [0, 0.1) is 5.82 Å². The molecule has 3 aliphatic heterocycles. The molecule has 97 heavy (non-hydrogen) atoms. The van der Waals surface area contributed by atoms with Crippen LogP contribution in [-0.4, -0.2) is 173 Å². The van der Waals surface area contributed by atoms with Crippen LogP contribution in [0.5, 0.6) is 0 Å². The summed E-state index contributed by atoms with van der Waals surface area (Å²) >= 11 is 0. The van der Waals surface area contributed by atoms with Gasteiger partial charge in [0.2, 0.25) is 17.7 Å². The van der Waals surface area contributed by atoms with E-state index in [0.29, 0.717) is 80.9 Å². The summed E-state index contributed by atoms with van der Waals surface area (Å²) in [5.41, 5.74) is 1.38. The maximum absolute atomic E-state index is 14.2. The van der Waals surface area contributed by atoms with Crippen molar-refractivity contribution in [2.75, 3.05) is 122 Å². The number of benzene rings is 6. The number of ether oxygens (including phenoxy) is 3. The Bertz CT molecular complexity index is 3650. The fourth-order valence-electron chi connectivity index (χ4n) is 13.7. The van der Waals surface area contributed by atoms with Gasteiger partial charge in [0.25, 0.3) is 5.91 Å². The molecule has 3 saturated heterocycles. The fourth-order valence-corrected chi connectivity index (χ4v) is 13.7. The fraction of sp³-hybridized carbons (Fsp3) is 0.446. The van der Waals surface area contributed by atoms with Crippen molar-refractivity contribution in [1.29, 1.82) is 0 Å². The molecule has 1 spiro atoms. The lowest BCUT2D eigenvalue weighted by atomic mass is 9.72. The smallest absolute Gasteiger partial charge is 0.416 e. The van der Waals surface area contributed by atoms with Crippen molar-refractivity contribution in [2.24, 2.45) is 0 Å². The molecule has 518 valence electrons. The van der Waals surface area contributed by atoms with Crippen LogP contribution in [-0.2, 0) is 58.4 Å². The van der Waals surface area contributed by atoms with Crippen LogP contribution < -0.4 is 15.1 Å². The number of halogens is 7. The van der Waals surface area contributed by atoms with Crippen molar-refractivity contribution in [2.45, 2.75) is 106 Å². The van der Waals surface area contributed by atoms with Crippen molar-refractivity contribution >= 4 is 46.8 Å². The van der Waals surface area contributed by atoms with Crippen molar-refractivity contribution < 1.29 is 68.9 Å². The van der Waals surface area contributed by atoms with Gasteiger partial charge in [-0.25, -0.2) is 9.18 Å². The summed E-state index contributed by atoms with van der Waals surface area (Å²) in [6, 6.07) is 39.6. The number of nitrogens with zero attached hydrogens (tertiary/aromatic N) is 7. The largest absolute Gasteiger partial charge is 0.446 e. The van der Waals surface area contributed by atoms with E-state index in [0.717, 1.165) is 91.1 Å².